The van der Waals surface area contributed by atoms with E-state index in [0.29, 0.717) is 12.0 Å². The van der Waals surface area contributed by atoms with Gasteiger partial charge in [-0.05, 0) is 32.9 Å². The lowest BCUT2D eigenvalue weighted by molar-refractivity contribution is 0.300. The molecule has 5 nitrogen and oxygen atoms in total. The molecule has 0 bridgehead atoms. The maximum absolute atomic E-state index is 5.60. The highest BCUT2D eigenvalue weighted by Gasteiger charge is 2.23. The summed E-state index contributed by atoms with van der Waals surface area (Å²) in [5, 5.41) is 0. The van der Waals surface area contributed by atoms with Crippen LogP contribution in [0.2, 0.25) is 0 Å². The standard InChI is InChI=1S/C12H27N5/c1-10(2)9-17(8-7-16(3)4)12(15-13)14-11-5-6-11/h10-11H,5-9,13H2,1-4H3,(H,14,15). The van der Waals surface area contributed by atoms with Crippen molar-refractivity contribution in [3.63, 3.8) is 0 Å². The van der Waals surface area contributed by atoms with Gasteiger partial charge in [0, 0.05) is 19.6 Å². The highest BCUT2D eigenvalue weighted by Crippen LogP contribution is 2.23. The van der Waals surface area contributed by atoms with E-state index in [9.17, 15) is 0 Å². The lowest BCUT2D eigenvalue weighted by Gasteiger charge is -2.28. The topological polar surface area (TPSA) is 56.9 Å². The summed E-state index contributed by atoms with van der Waals surface area (Å²) in [4.78, 5) is 9.06. The molecular formula is C12H27N5. The summed E-state index contributed by atoms with van der Waals surface area (Å²) in [6, 6.07) is 0.495. The minimum Gasteiger partial charge on any atom is -0.340 e. The molecule has 0 aliphatic heterocycles. The van der Waals surface area contributed by atoms with Crippen molar-refractivity contribution in [1.82, 2.24) is 15.2 Å². The molecule has 3 N–H and O–H groups in total. The summed E-state index contributed by atoms with van der Waals surface area (Å²) in [7, 11) is 4.17. The Morgan fingerprint density at radius 2 is 2.00 bits per heavy atom. The van der Waals surface area contributed by atoms with Crippen LogP contribution < -0.4 is 11.3 Å². The number of hydrogen-bond donors (Lipinski definition) is 2. The third-order valence-electron chi connectivity index (χ3n) is 2.68. The Bertz CT molecular complexity index is 245. The van der Waals surface area contributed by atoms with Gasteiger partial charge in [0.05, 0.1) is 6.04 Å². The van der Waals surface area contributed by atoms with Gasteiger partial charge in [-0.3, -0.25) is 5.43 Å². The van der Waals surface area contributed by atoms with Crippen LogP contribution >= 0.6 is 0 Å². The van der Waals surface area contributed by atoms with Crippen LogP contribution in [0.25, 0.3) is 0 Å². The van der Waals surface area contributed by atoms with Gasteiger partial charge in [0.2, 0.25) is 5.96 Å². The summed E-state index contributed by atoms with van der Waals surface area (Å²) >= 11 is 0. The van der Waals surface area contributed by atoms with Gasteiger partial charge in [-0.2, -0.15) is 0 Å². The fourth-order valence-corrected chi connectivity index (χ4v) is 1.63. The number of likely N-dealkylation sites (N-methyl/N-ethyl adjacent to an activating group) is 1. The number of rotatable bonds is 6. The zero-order valence-electron chi connectivity index (χ0n) is 11.6. The molecule has 0 aromatic rings. The van der Waals surface area contributed by atoms with Crippen LogP contribution in [0.15, 0.2) is 4.99 Å². The van der Waals surface area contributed by atoms with Gasteiger partial charge < -0.3 is 9.80 Å². The second-order valence-corrected chi connectivity index (χ2v) is 5.47. The minimum absolute atomic E-state index is 0.495. The predicted octanol–water partition coefficient (Wildman–Crippen LogP) is 0.488. The Labute approximate surface area is 105 Å². The number of hydrogen-bond acceptors (Lipinski definition) is 3. The molecule has 0 aromatic heterocycles. The summed E-state index contributed by atoms with van der Waals surface area (Å²) in [6.07, 6.45) is 2.41. The van der Waals surface area contributed by atoms with E-state index in [1.807, 2.05) is 0 Å². The number of hydrazine groups is 1. The summed E-state index contributed by atoms with van der Waals surface area (Å²) in [5.74, 6) is 7.05. The van der Waals surface area contributed by atoms with E-state index in [0.717, 1.165) is 25.6 Å². The zero-order valence-corrected chi connectivity index (χ0v) is 11.6. The molecule has 1 aliphatic rings. The van der Waals surface area contributed by atoms with Crippen LogP contribution in [0, 0.1) is 5.92 Å². The molecule has 0 aromatic carbocycles. The SMILES string of the molecule is CC(C)CN(CCN(C)C)C(=NC1CC1)NN. The third-order valence-corrected chi connectivity index (χ3v) is 2.68. The zero-order chi connectivity index (χ0) is 12.8. The van der Waals surface area contributed by atoms with Crippen molar-refractivity contribution in [1.29, 1.82) is 0 Å². The Hall–Kier alpha value is -0.810. The molecule has 17 heavy (non-hydrogen) atoms. The predicted molar refractivity (Wildman–Crippen MR) is 72.7 cm³/mol. The first-order valence-electron chi connectivity index (χ1n) is 6.47. The first-order chi connectivity index (χ1) is 8.02. The molecule has 0 spiro atoms. The van der Waals surface area contributed by atoms with Crippen molar-refractivity contribution in [2.45, 2.75) is 32.7 Å². The lowest BCUT2D eigenvalue weighted by Crippen LogP contribution is -2.48. The summed E-state index contributed by atoms with van der Waals surface area (Å²) in [5.41, 5.74) is 2.76. The molecule has 0 saturated heterocycles. The van der Waals surface area contributed by atoms with E-state index in [-0.39, 0.29) is 0 Å². The molecule has 1 fully saturated rings. The molecule has 5 heteroatoms. The van der Waals surface area contributed by atoms with E-state index in [2.05, 4.69) is 48.2 Å². The van der Waals surface area contributed by atoms with Crippen LogP contribution in [0.4, 0.5) is 0 Å². The fraction of sp³-hybridized carbons (Fsp3) is 0.917. The molecule has 0 heterocycles. The molecule has 100 valence electrons. The van der Waals surface area contributed by atoms with E-state index in [1.54, 1.807) is 0 Å². The van der Waals surface area contributed by atoms with Gasteiger partial charge in [-0.1, -0.05) is 13.8 Å². The van der Waals surface area contributed by atoms with Crippen molar-refractivity contribution in [2.75, 3.05) is 33.7 Å². The van der Waals surface area contributed by atoms with Crippen molar-refractivity contribution in [3.05, 3.63) is 0 Å². The number of nitrogens with one attached hydrogen (secondary N) is 1. The Kier molecular flexibility index (Phi) is 5.71. The van der Waals surface area contributed by atoms with Crippen LogP contribution in [0.3, 0.4) is 0 Å². The molecule has 1 aliphatic carbocycles. The van der Waals surface area contributed by atoms with Crippen LogP contribution in [-0.4, -0.2) is 55.5 Å². The number of aliphatic imine (C=N–C) groups is 1. The van der Waals surface area contributed by atoms with Gasteiger partial charge >= 0.3 is 0 Å². The van der Waals surface area contributed by atoms with Crippen LogP contribution in [0.1, 0.15) is 26.7 Å². The second-order valence-electron chi connectivity index (χ2n) is 5.47. The maximum atomic E-state index is 5.60. The molecular weight excluding hydrogens is 214 g/mol. The quantitative estimate of drug-likeness (QED) is 0.307. The normalized spacial score (nSPS) is 16.8. The molecule has 0 radical (unpaired) electrons. The Morgan fingerprint density at radius 1 is 1.35 bits per heavy atom. The maximum Gasteiger partial charge on any atom is 0.208 e. The highest BCUT2D eigenvalue weighted by atomic mass is 15.4. The van der Waals surface area contributed by atoms with Gasteiger partial charge in [0.15, 0.2) is 0 Å². The smallest absolute Gasteiger partial charge is 0.208 e. The third kappa shape index (κ3) is 5.89. The number of guanidine groups is 1. The highest BCUT2D eigenvalue weighted by molar-refractivity contribution is 5.79. The first-order valence-corrected chi connectivity index (χ1v) is 6.47. The average Bonchev–Trinajstić information content (AvgIpc) is 3.04. The van der Waals surface area contributed by atoms with Crippen molar-refractivity contribution in [2.24, 2.45) is 16.8 Å². The molecule has 0 amide bonds. The van der Waals surface area contributed by atoms with Gasteiger partial charge in [0.25, 0.3) is 0 Å². The average molecular weight is 241 g/mol. The number of nitrogens with two attached hydrogens (primary N) is 1. The monoisotopic (exact) mass is 241 g/mol. The molecule has 1 rings (SSSR count). The van der Waals surface area contributed by atoms with Crippen LogP contribution in [-0.2, 0) is 0 Å². The van der Waals surface area contributed by atoms with E-state index < -0.39 is 0 Å². The van der Waals surface area contributed by atoms with Gasteiger partial charge in [0.1, 0.15) is 0 Å². The number of nitrogens with zero attached hydrogens (tertiary/aromatic N) is 3. The largest absolute Gasteiger partial charge is 0.340 e. The molecule has 0 atom stereocenters. The van der Waals surface area contributed by atoms with Crippen molar-refractivity contribution in [3.8, 4) is 0 Å². The fourth-order valence-electron chi connectivity index (χ4n) is 1.63. The van der Waals surface area contributed by atoms with Gasteiger partial charge in [-0.25, -0.2) is 10.8 Å². The van der Waals surface area contributed by atoms with E-state index in [1.165, 1.54) is 12.8 Å². The summed E-state index contributed by atoms with van der Waals surface area (Å²) < 4.78 is 0. The minimum atomic E-state index is 0.495. The lowest BCUT2D eigenvalue weighted by atomic mass is 10.2. The Morgan fingerprint density at radius 3 is 2.41 bits per heavy atom. The summed E-state index contributed by atoms with van der Waals surface area (Å²) in [6.45, 7) is 7.39. The first kappa shape index (κ1) is 14.3. The molecule has 0 unspecified atom stereocenters. The molecule has 1 saturated carbocycles. The van der Waals surface area contributed by atoms with E-state index in [4.69, 9.17) is 5.84 Å². The Balaban J connectivity index is 2.57. The van der Waals surface area contributed by atoms with E-state index >= 15 is 0 Å². The van der Waals surface area contributed by atoms with Crippen molar-refractivity contribution >= 4 is 5.96 Å². The second kappa shape index (κ2) is 6.81. The van der Waals surface area contributed by atoms with Crippen LogP contribution in [0.5, 0.6) is 0 Å². The van der Waals surface area contributed by atoms with Crippen molar-refractivity contribution < 1.29 is 0 Å². The van der Waals surface area contributed by atoms with Gasteiger partial charge in [-0.15, -0.1) is 0 Å².